The molecule has 114 valence electrons. The summed E-state index contributed by atoms with van der Waals surface area (Å²) in [4.78, 5) is 10.7. The number of rotatable bonds is 5. The number of aryl methyl sites for hydroxylation is 1. The molecule has 1 aliphatic rings. The molecule has 0 spiro atoms. The smallest absolute Gasteiger partial charge is 0.225 e. The molecule has 1 aliphatic carbocycles. The maximum Gasteiger partial charge on any atom is 0.225 e. The van der Waals surface area contributed by atoms with E-state index in [1.165, 1.54) is 37.0 Å². The van der Waals surface area contributed by atoms with E-state index in [1.54, 1.807) is 11.3 Å². The minimum absolute atomic E-state index is 0.292. The summed E-state index contributed by atoms with van der Waals surface area (Å²) in [7, 11) is 0. The van der Waals surface area contributed by atoms with E-state index >= 15 is 0 Å². The predicted octanol–water partition coefficient (Wildman–Crippen LogP) is 4.41. The van der Waals surface area contributed by atoms with Crippen molar-refractivity contribution in [1.29, 1.82) is 0 Å². The van der Waals surface area contributed by atoms with Crippen molar-refractivity contribution in [2.75, 3.05) is 18.5 Å². The summed E-state index contributed by atoms with van der Waals surface area (Å²) in [6, 6.07) is 2.10. The number of ether oxygens (including phenoxy) is 1. The number of nitrogens with zero attached hydrogens (tertiary/aromatic N) is 2. The van der Waals surface area contributed by atoms with Crippen molar-refractivity contribution >= 4 is 39.0 Å². The molecule has 0 bridgehead atoms. The molecule has 0 aromatic carbocycles. The Hall–Kier alpha value is -0.910. The number of hydrogen-bond acceptors (Lipinski definition) is 5. The van der Waals surface area contributed by atoms with Gasteiger partial charge < -0.3 is 10.1 Å². The molecule has 0 atom stereocenters. The van der Waals surface area contributed by atoms with E-state index in [1.807, 2.05) is 0 Å². The Kier molecular flexibility index (Phi) is 4.93. The van der Waals surface area contributed by atoms with Crippen molar-refractivity contribution in [1.82, 2.24) is 9.97 Å². The number of thiophene rings is 1. The van der Waals surface area contributed by atoms with Crippen molar-refractivity contribution in [3.8, 4) is 0 Å². The molecule has 2 heterocycles. The first-order valence-corrected chi connectivity index (χ1v) is 8.71. The number of fused-ring (bicyclic) bond motifs is 1. The quantitative estimate of drug-likeness (QED) is 0.653. The Labute approximate surface area is 133 Å². The van der Waals surface area contributed by atoms with Crippen LogP contribution in [0.2, 0.25) is 5.28 Å². The molecular weight excluding hydrogens is 306 g/mol. The monoisotopic (exact) mass is 325 g/mol. The summed E-state index contributed by atoms with van der Waals surface area (Å²) in [5.74, 6) is 0.807. The van der Waals surface area contributed by atoms with Crippen molar-refractivity contribution in [2.45, 2.75) is 45.1 Å². The largest absolute Gasteiger partial charge is 0.376 e. The van der Waals surface area contributed by atoms with E-state index < -0.39 is 0 Å². The van der Waals surface area contributed by atoms with Crippen LogP contribution in [0.4, 0.5) is 5.82 Å². The third-order valence-corrected chi connectivity index (χ3v) is 4.90. The molecule has 1 fully saturated rings. The molecule has 2 aromatic heterocycles. The fourth-order valence-electron chi connectivity index (χ4n) is 2.78. The lowest BCUT2D eigenvalue weighted by atomic mass is 9.98. The van der Waals surface area contributed by atoms with Gasteiger partial charge in [0.2, 0.25) is 5.28 Å². The summed E-state index contributed by atoms with van der Waals surface area (Å²) in [6.45, 7) is 3.51. The van der Waals surface area contributed by atoms with E-state index in [2.05, 4.69) is 28.3 Å². The van der Waals surface area contributed by atoms with Crippen LogP contribution < -0.4 is 5.32 Å². The van der Waals surface area contributed by atoms with Crippen LogP contribution in [-0.2, 0) is 4.74 Å². The molecule has 21 heavy (non-hydrogen) atoms. The van der Waals surface area contributed by atoms with Gasteiger partial charge in [0.25, 0.3) is 0 Å². The number of halogens is 1. The zero-order valence-electron chi connectivity index (χ0n) is 12.2. The van der Waals surface area contributed by atoms with Gasteiger partial charge in [-0.1, -0.05) is 19.3 Å². The first-order valence-electron chi connectivity index (χ1n) is 7.51. The Morgan fingerprint density at radius 2 is 2.14 bits per heavy atom. The molecule has 0 saturated heterocycles. The SMILES string of the molecule is Cc1cc2c(NCCOC3CCCCC3)nc(Cl)nc2s1. The highest BCUT2D eigenvalue weighted by atomic mass is 35.5. The maximum absolute atomic E-state index is 5.98. The number of hydrogen-bond donors (Lipinski definition) is 1. The van der Waals surface area contributed by atoms with Gasteiger partial charge in [0.15, 0.2) is 0 Å². The van der Waals surface area contributed by atoms with E-state index in [-0.39, 0.29) is 0 Å². The molecule has 1 N–H and O–H groups in total. The van der Waals surface area contributed by atoms with Crippen LogP contribution in [0, 0.1) is 6.92 Å². The second kappa shape index (κ2) is 6.90. The first-order chi connectivity index (χ1) is 10.2. The van der Waals surface area contributed by atoms with Gasteiger partial charge in [-0.25, -0.2) is 9.97 Å². The van der Waals surface area contributed by atoms with Gasteiger partial charge in [0, 0.05) is 11.4 Å². The van der Waals surface area contributed by atoms with Crippen LogP contribution in [0.25, 0.3) is 10.2 Å². The highest BCUT2D eigenvalue weighted by Gasteiger charge is 2.13. The summed E-state index contributed by atoms with van der Waals surface area (Å²) in [5.41, 5.74) is 0. The third kappa shape index (κ3) is 3.84. The van der Waals surface area contributed by atoms with Crippen LogP contribution in [-0.4, -0.2) is 29.2 Å². The second-order valence-corrected chi connectivity index (χ2v) is 7.05. The predicted molar refractivity (Wildman–Crippen MR) is 88.5 cm³/mol. The van der Waals surface area contributed by atoms with Gasteiger partial charge in [-0.2, -0.15) is 0 Å². The summed E-state index contributed by atoms with van der Waals surface area (Å²) in [5, 5.41) is 4.66. The maximum atomic E-state index is 5.98. The number of aromatic nitrogens is 2. The fraction of sp³-hybridized carbons (Fsp3) is 0.600. The summed E-state index contributed by atoms with van der Waals surface area (Å²) < 4.78 is 5.92. The van der Waals surface area contributed by atoms with Gasteiger partial charge in [-0.05, 0) is 37.4 Å². The molecule has 1 saturated carbocycles. The van der Waals surface area contributed by atoms with Crippen LogP contribution >= 0.6 is 22.9 Å². The Morgan fingerprint density at radius 3 is 2.95 bits per heavy atom. The van der Waals surface area contributed by atoms with E-state index in [0.717, 1.165) is 22.6 Å². The average Bonchev–Trinajstić information content (AvgIpc) is 2.84. The van der Waals surface area contributed by atoms with Crippen LogP contribution in [0.15, 0.2) is 6.07 Å². The Balaban J connectivity index is 1.57. The normalized spacial score (nSPS) is 16.5. The van der Waals surface area contributed by atoms with Crippen molar-refractivity contribution in [2.24, 2.45) is 0 Å². The lowest BCUT2D eigenvalue weighted by Gasteiger charge is -2.22. The minimum atomic E-state index is 0.292. The van der Waals surface area contributed by atoms with Gasteiger partial charge in [-0.3, -0.25) is 0 Å². The van der Waals surface area contributed by atoms with Crippen LogP contribution in [0.3, 0.4) is 0 Å². The third-order valence-electron chi connectivity index (χ3n) is 3.79. The molecule has 0 radical (unpaired) electrons. The molecule has 4 nitrogen and oxygen atoms in total. The topological polar surface area (TPSA) is 47.0 Å². The first kappa shape index (κ1) is 15.0. The highest BCUT2D eigenvalue weighted by Crippen LogP contribution is 2.29. The molecular formula is C15H20ClN3OS. The molecule has 2 aromatic rings. The van der Waals surface area contributed by atoms with Crippen molar-refractivity contribution < 1.29 is 4.74 Å². The Bertz CT molecular complexity index is 610. The zero-order chi connectivity index (χ0) is 14.7. The minimum Gasteiger partial charge on any atom is -0.376 e. The number of anilines is 1. The van der Waals surface area contributed by atoms with Crippen molar-refractivity contribution in [3.05, 3.63) is 16.2 Å². The standard InChI is InChI=1S/C15H20ClN3OS/c1-10-9-12-13(18-15(16)19-14(12)21-10)17-7-8-20-11-5-3-2-4-6-11/h9,11H,2-8H2,1H3,(H,17,18,19). The van der Waals surface area contributed by atoms with Gasteiger partial charge in [0.05, 0.1) is 18.1 Å². The summed E-state index contributed by atoms with van der Waals surface area (Å²) in [6.07, 6.45) is 6.80. The second-order valence-electron chi connectivity index (χ2n) is 5.47. The highest BCUT2D eigenvalue weighted by molar-refractivity contribution is 7.18. The summed E-state index contributed by atoms with van der Waals surface area (Å²) >= 11 is 7.62. The van der Waals surface area contributed by atoms with Gasteiger partial charge >= 0.3 is 0 Å². The average molecular weight is 326 g/mol. The lowest BCUT2D eigenvalue weighted by Crippen LogP contribution is -2.20. The van der Waals surface area contributed by atoms with E-state index in [0.29, 0.717) is 18.0 Å². The molecule has 0 aliphatic heterocycles. The lowest BCUT2D eigenvalue weighted by molar-refractivity contribution is 0.0347. The van der Waals surface area contributed by atoms with E-state index in [4.69, 9.17) is 16.3 Å². The van der Waals surface area contributed by atoms with Gasteiger partial charge in [0.1, 0.15) is 10.6 Å². The molecule has 6 heteroatoms. The zero-order valence-corrected chi connectivity index (χ0v) is 13.8. The van der Waals surface area contributed by atoms with Crippen molar-refractivity contribution in [3.63, 3.8) is 0 Å². The van der Waals surface area contributed by atoms with Crippen LogP contribution in [0.1, 0.15) is 37.0 Å². The van der Waals surface area contributed by atoms with Gasteiger partial charge in [-0.15, -0.1) is 11.3 Å². The molecule has 0 unspecified atom stereocenters. The number of nitrogens with one attached hydrogen (secondary N) is 1. The fourth-order valence-corrected chi connectivity index (χ4v) is 3.88. The van der Waals surface area contributed by atoms with E-state index in [9.17, 15) is 0 Å². The molecule has 0 amide bonds. The van der Waals surface area contributed by atoms with Crippen LogP contribution in [0.5, 0.6) is 0 Å². The Morgan fingerprint density at radius 1 is 1.33 bits per heavy atom. The molecule has 3 rings (SSSR count).